The molecule has 0 radical (unpaired) electrons. The Morgan fingerprint density at radius 1 is 0.273 bits per heavy atom. The van der Waals surface area contributed by atoms with Crippen molar-refractivity contribution < 1.29 is 28.6 Å². The van der Waals surface area contributed by atoms with Crippen LogP contribution in [0.25, 0.3) is 0 Å². The van der Waals surface area contributed by atoms with Crippen molar-refractivity contribution in [1.29, 1.82) is 0 Å². The molecule has 0 aliphatic carbocycles. The van der Waals surface area contributed by atoms with E-state index in [9.17, 15) is 14.4 Å². The highest BCUT2D eigenvalue weighted by molar-refractivity contribution is 5.71. The number of allylic oxidation sites excluding steroid dienone is 24. The number of unbranched alkanes of at least 4 members (excludes halogenated alkanes) is 20. The van der Waals surface area contributed by atoms with Gasteiger partial charge in [0.25, 0.3) is 0 Å². The van der Waals surface area contributed by atoms with Gasteiger partial charge in [0.2, 0.25) is 0 Å². The van der Waals surface area contributed by atoms with E-state index in [1.165, 1.54) is 96.3 Å². The van der Waals surface area contributed by atoms with Crippen molar-refractivity contribution in [1.82, 2.24) is 0 Å². The van der Waals surface area contributed by atoms with E-state index in [1.54, 1.807) is 0 Å². The van der Waals surface area contributed by atoms with Crippen LogP contribution in [0.3, 0.4) is 0 Å². The van der Waals surface area contributed by atoms with Crippen LogP contribution in [0, 0.1) is 0 Å². The van der Waals surface area contributed by atoms with Gasteiger partial charge in [-0.05, 0) is 122 Å². The quantitative estimate of drug-likeness (QED) is 0.0261. The second-order valence-corrected chi connectivity index (χ2v) is 20.2. The molecule has 0 saturated heterocycles. The first-order valence-electron chi connectivity index (χ1n) is 31.3. The molecule has 0 aliphatic heterocycles. The number of hydrogen-bond acceptors (Lipinski definition) is 6. The average molecular weight is 1060 g/mol. The molecular formula is C71H114O6. The van der Waals surface area contributed by atoms with Crippen LogP contribution in [0.4, 0.5) is 0 Å². The summed E-state index contributed by atoms with van der Waals surface area (Å²) in [5.41, 5.74) is 0. The van der Waals surface area contributed by atoms with Gasteiger partial charge in [0.1, 0.15) is 13.2 Å². The topological polar surface area (TPSA) is 78.9 Å². The maximum Gasteiger partial charge on any atom is 0.306 e. The minimum atomic E-state index is -0.809. The molecule has 0 amide bonds. The average Bonchev–Trinajstić information content (AvgIpc) is 3.43. The van der Waals surface area contributed by atoms with Crippen molar-refractivity contribution in [2.24, 2.45) is 0 Å². The van der Waals surface area contributed by atoms with Crippen LogP contribution in [0.2, 0.25) is 0 Å². The van der Waals surface area contributed by atoms with Gasteiger partial charge in [0.15, 0.2) is 6.10 Å². The second kappa shape index (κ2) is 63.8. The minimum absolute atomic E-state index is 0.103. The van der Waals surface area contributed by atoms with Gasteiger partial charge in [-0.2, -0.15) is 0 Å². The first-order valence-corrected chi connectivity index (χ1v) is 31.3. The van der Waals surface area contributed by atoms with Crippen molar-refractivity contribution in [2.75, 3.05) is 13.2 Å². The van der Waals surface area contributed by atoms with Gasteiger partial charge in [-0.3, -0.25) is 14.4 Å². The smallest absolute Gasteiger partial charge is 0.306 e. The normalized spacial score (nSPS) is 13.1. The minimum Gasteiger partial charge on any atom is -0.462 e. The largest absolute Gasteiger partial charge is 0.462 e. The number of carbonyl (C=O) groups is 3. The molecule has 0 aromatic heterocycles. The van der Waals surface area contributed by atoms with E-state index in [0.717, 1.165) is 122 Å². The maximum absolute atomic E-state index is 12.9. The van der Waals surface area contributed by atoms with E-state index < -0.39 is 6.10 Å². The molecule has 0 spiro atoms. The fraction of sp³-hybridized carbons (Fsp3) is 0.620. The van der Waals surface area contributed by atoms with E-state index >= 15 is 0 Å². The van der Waals surface area contributed by atoms with Crippen LogP contribution in [-0.2, 0) is 28.6 Å². The molecule has 0 N–H and O–H groups in total. The number of esters is 3. The molecule has 1 unspecified atom stereocenters. The summed E-state index contributed by atoms with van der Waals surface area (Å²) in [4.78, 5) is 38.0. The monoisotopic (exact) mass is 1060 g/mol. The Kier molecular flexibility index (Phi) is 59.9. The summed E-state index contributed by atoms with van der Waals surface area (Å²) in [5.74, 6) is -0.983. The molecule has 0 aliphatic rings. The number of ether oxygens (including phenoxy) is 3. The third kappa shape index (κ3) is 62.0. The molecule has 0 aromatic rings. The summed E-state index contributed by atoms with van der Waals surface area (Å²) in [7, 11) is 0. The third-order valence-electron chi connectivity index (χ3n) is 12.8. The van der Waals surface area contributed by atoms with Crippen LogP contribution in [0.1, 0.15) is 265 Å². The fourth-order valence-electron chi connectivity index (χ4n) is 8.16. The Bertz CT molecular complexity index is 1700. The summed E-state index contributed by atoms with van der Waals surface area (Å²) < 4.78 is 16.8. The summed E-state index contributed by atoms with van der Waals surface area (Å²) in [5, 5.41) is 0. The first kappa shape index (κ1) is 72.3. The van der Waals surface area contributed by atoms with Crippen LogP contribution in [0.5, 0.6) is 0 Å². The number of rotatable bonds is 55. The van der Waals surface area contributed by atoms with E-state index in [-0.39, 0.29) is 37.5 Å². The van der Waals surface area contributed by atoms with Crippen LogP contribution < -0.4 is 0 Å². The number of carbonyl (C=O) groups excluding carboxylic acids is 3. The van der Waals surface area contributed by atoms with Gasteiger partial charge >= 0.3 is 17.9 Å². The lowest BCUT2D eigenvalue weighted by Gasteiger charge is -2.18. The Morgan fingerprint density at radius 3 is 0.844 bits per heavy atom. The zero-order chi connectivity index (χ0) is 55.7. The van der Waals surface area contributed by atoms with E-state index in [1.807, 2.05) is 0 Å². The van der Waals surface area contributed by atoms with Crippen molar-refractivity contribution in [2.45, 2.75) is 271 Å². The lowest BCUT2D eigenvalue weighted by atomic mass is 10.1. The standard InChI is InChI=1S/C71H114O6/c1-4-7-10-13-16-18-20-22-24-26-28-30-32-33-34-35-36-37-39-40-42-44-46-48-50-52-55-58-61-64-70(73)76-67-68(66-75-69(72)63-60-57-54-15-12-9-6-3)77-71(74)65-62-59-56-53-51-49-47-45-43-41-38-31-29-27-25-23-21-19-17-14-11-8-5-2/h7,10,16,18,21-24,27-30,33-34,36-38,40-42,46,48,52,55,68H,4-6,8-9,11-15,17,19-20,25-26,31-32,35,39,43-45,47,49-51,53-54,56-67H2,1-3H3/b10-7-,18-16-,23-21-,24-22-,29-27-,30-28-,34-33-,37-36-,41-38-,42-40-,48-46-,55-52-. The molecule has 0 saturated carbocycles. The van der Waals surface area contributed by atoms with Gasteiger partial charge in [-0.25, -0.2) is 0 Å². The maximum atomic E-state index is 12.9. The Labute approximate surface area is 474 Å². The molecule has 6 nitrogen and oxygen atoms in total. The summed E-state index contributed by atoms with van der Waals surface area (Å²) in [6.07, 6.45) is 91.6. The summed E-state index contributed by atoms with van der Waals surface area (Å²) >= 11 is 0. The summed E-state index contributed by atoms with van der Waals surface area (Å²) in [6, 6.07) is 0. The number of hydrogen-bond donors (Lipinski definition) is 0. The van der Waals surface area contributed by atoms with E-state index in [2.05, 4.69) is 167 Å². The Morgan fingerprint density at radius 2 is 0.519 bits per heavy atom. The predicted octanol–water partition coefficient (Wildman–Crippen LogP) is 21.5. The molecule has 0 bridgehead atoms. The molecule has 0 fully saturated rings. The molecule has 6 heteroatoms. The van der Waals surface area contributed by atoms with Gasteiger partial charge in [0.05, 0.1) is 0 Å². The van der Waals surface area contributed by atoms with Crippen molar-refractivity contribution in [3.63, 3.8) is 0 Å². The molecule has 434 valence electrons. The van der Waals surface area contributed by atoms with Gasteiger partial charge in [-0.1, -0.05) is 269 Å². The Hall–Kier alpha value is -4.71. The SMILES string of the molecule is CC/C=C\C/C=C\C/C=C\C/C=C\C/C=C\C/C=C\C/C=C\C/C=C\C/C=C\CCCC(=O)OCC(COC(=O)CCCCCCCCC)OC(=O)CCCCCCCCCC/C=C\C/C=C\C/C=C\CCCCCCC. The van der Waals surface area contributed by atoms with Gasteiger partial charge < -0.3 is 14.2 Å². The van der Waals surface area contributed by atoms with E-state index in [0.29, 0.717) is 19.3 Å². The van der Waals surface area contributed by atoms with Crippen LogP contribution in [0.15, 0.2) is 146 Å². The predicted molar refractivity (Wildman–Crippen MR) is 334 cm³/mol. The van der Waals surface area contributed by atoms with Crippen molar-refractivity contribution >= 4 is 17.9 Å². The highest BCUT2D eigenvalue weighted by Crippen LogP contribution is 2.14. The summed E-state index contributed by atoms with van der Waals surface area (Å²) in [6.45, 7) is 6.41. The highest BCUT2D eigenvalue weighted by atomic mass is 16.6. The lowest BCUT2D eigenvalue weighted by molar-refractivity contribution is -0.167. The van der Waals surface area contributed by atoms with Crippen LogP contribution >= 0.6 is 0 Å². The zero-order valence-electron chi connectivity index (χ0n) is 49.7. The Balaban J connectivity index is 4.32. The van der Waals surface area contributed by atoms with E-state index in [4.69, 9.17) is 14.2 Å². The molecule has 0 aromatic carbocycles. The molecule has 0 rings (SSSR count). The second-order valence-electron chi connectivity index (χ2n) is 20.2. The molecule has 1 atom stereocenters. The zero-order valence-corrected chi connectivity index (χ0v) is 49.7. The molecule has 77 heavy (non-hydrogen) atoms. The molecule has 0 heterocycles. The van der Waals surface area contributed by atoms with Crippen molar-refractivity contribution in [3.05, 3.63) is 146 Å². The lowest BCUT2D eigenvalue weighted by Crippen LogP contribution is -2.30. The van der Waals surface area contributed by atoms with Gasteiger partial charge in [-0.15, -0.1) is 0 Å². The van der Waals surface area contributed by atoms with Crippen LogP contribution in [-0.4, -0.2) is 37.2 Å². The third-order valence-corrected chi connectivity index (χ3v) is 12.8. The van der Waals surface area contributed by atoms with Gasteiger partial charge in [0, 0.05) is 19.3 Å². The highest BCUT2D eigenvalue weighted by Gasteiger charge is 2.19. The fourth-order valence-corrected chi connectivity index (χ4v) is 8.16. The first-order chi connectivity index (χ1) is 38.0. The van der Waals surface area contributed by atoms with Crippen molar-refractivity contribution in [3.8, 4) is 0 Å². The molecular weight excluding hydrogens is 949 g/mol.